The monoisotopic (exact) mass is 269 g/mol. The average molecular weight is 269 g/mol. The minimum Gasteiger partial charge on any atom is -0.227 e. The second-order valence-corrected chi connectivity index (χ2v) is 9.02. The Morgan fingerprint density at radius 1 is 1.06 bits per heavy atom. The van der Waals surface area contributed by atoms with Crippen molar-refractivity contribution in [3.63, 3.8) is 0 Å². The van der Waals surface area contributed by atoms with Crippen LogP contribution in [0.25, 0.3) is 0 Å². The number of carbonyl (C=O) groups excluding carboxylic acids is 1. The van der Waals surface area contributed by atoms with Gasteiger partial charge in [-0.15, -0.1) is 0 Å². The van der Waals surface area contributed by atoms with Gasteiger partial charge in [0.25, 0.3) is 0 Å². The SMILES string of the molecule is CCS(=O)(=O)C(C)(CN=C=O)S(=O)(=O)CC. The summed E-state index contributed by atoms with van der Waals surface area (Å²) in [4.78, 5) is 13.1. The highest BCUT2D eigenvalue weighted by atomic mass is 32.3. The van der Waals surface area contributed by atoms with Gasteiger partial charge in [-0.3, -0.25) is 0 Å². The first-order valence-corrected chi connectivity index (χ1v) is 7.97. The van der Waals surface area contributed by atoms with Gasteiger partial charge in [0, 0.05) is 11.5 Å². The summed E-state index contributed by atoms with van der Waals surface area (Å²) in [6.07, 6.45) is 1.16. The van der Waals surface area contributed by atoms with Crippen molar-refractivity contribution in [2.75, 3.05) is 18.1 Å². The quantitative estimate of drug-likeness (QED) is 0.495. The molecule has 16 heavy (non-hydrogen) atoms. The molecule has 0 saturated carbocycles. The van der Waals surface area contributed by atoms with Gasteiger partial charge in [-0.1, -0.05) is 13.8 Å². The van der Waals surface area contributed by atoms with E-state index in [0.29, 0.717) is 0 Å². The minimum absolute atomic E-state index is 0.322. The maximum absolute atomic E-state index is 11.8. The number of rotatable bonds is 6. The minimum atomic E-state index is -3.86. The Hall–Kier alpha value is -0.720. The lowest BCUT2D eigenvalue weighted by atomic mass is 10.5. The first-order chi connectivity index (χ1) is 7.18. The molecule has 0 heterocycles. The maximum atomic E-state index is 11.8. The van der Waals surface area contributed by atoms with E-state index in [1.807, 2.05) is 0 Å². The molecule has 0 radical (unpaired) electrons. The highest BCUT2D eigenvalue weighted by Crippen LogP contribution is 2.26. The summed E-state index contributed by atoms with van der Waals surface area (Å²) in [7, 11) is -7.72. The number of isocyanates is 1. The Kier molecular flexibility index (Phi) is 4.85. The van der Waals surface area contributed by atoms with Crippen LogP contribution in [0.15, 0.2) is 4.99 Å². The summed E-state index contributed by atoms with van der Waals surface area (Å²) in [6, 6.07) is 0. The summed E-state index contributed by atoms with van der Waals surface area (Å²) in [5, 5.41) is 0. The third-order valence-electron chi connectivity index (χ3n) is 2.51. The van der Waals surface area contributed by atoms with Gasteiger partial charge >= 0.3 is 0 Å². The van der Waals surface area contributed by atoms with Crippen molar-refractivity contribution in [2.45, 2.75) is 24.9 Å². The molecule has 0 unspecified atom stereocenters. The lowest BCUT2D eigenvalue weighted by Crippen LogP contribution is -2.48. The Morgan fingerprint density at radius 2 is 1.44 bits per heavy atom. The predicted octanol–water partition coefficient (Wildman–Crippen LogP) is -0.0922. The van der Waals surface area contributed by atoms with Crippen molar-refractivity contribution in [1.82, 2.24) is 0 Å². The molecule has 0 spiro atoms. The Bertz CT molecular complexity index is 451. The molecule has 0 rings (SSSR count). The molecular formula is C8H15NO5S2. The van der Waals surface area contributed by atoms with Crippen LogP contribution >= 0.6 is 0 Å². The molecular weight excluding hydrogens is 254 g/mol. The Labute approximate surface area is 95.6 Å². The zero-order valence-electron chi connectivity index (χ0n) is 9.43. The van der Waals surface area contributed by atoms with E-state index < -0.39 is 30.3 Å². The summed E-state index contributed by atoms with van der Waals surface area (Å²) >= 11 is 0. The van der Waals surface area contributed by atoms with E-state index in [1.165, 1.54) is 13.8 Å². The Morgan fingerprint density at radius 3 is 1.69 bits per heavy atom. The normalized spacial score (nSPS) is 13.2. The molecule has 0 aromatic carbocycles. The van der Waals surface area contributed by atoms with Crippen molar-refractivity contribution in [3.05, 3.63) is 0 Å². The van der Waals surface area contributed by atoms with Gasteiger partial charge < -0.3 is 0 Å². The van der Waals surface area contributed by atoms with Crippen LogP contribution in [-0.2, 0) is 24.5 Å². The summed E-state index contributed by atoms with van der Waals surface area (Å²) in [5.41, 5.74) is 0. The summed E-state index contributed by atoms with van der Waals surface area (Å²) in [6.45, 7) is 3.17. The van der Waals surface area contributed by atoms with Crippen LogP contribution in [0.3, 0.4) is 0 Å². The van der Waals surface area contributed by atoms with Crippen LogP contribution in [0.5, 0.6) is 0 Å². The van der Waals surface area contributed by atoms with Gasteiger partial charge in [-0.05, 0) is 6.92 Å². The second-order valence-electron chi connectivity index (χ2n) is 3.35. The lowest BCUT2D eigenvalue weighted by molar-refractivity contribution is 0.545. The third kappa shape index (κ3) is 2.50. The van der Waals surface area contributed by atoms with Crippen LogP contribution < -0.4 is 0 Å². The van der Waals surface area contributed by atoms with E-state index in [1.54, 1.807) is 0 Å². The fraction of sp³-hybridized carbons (Fsp3) is 0.875. The van der Waals surface area contributed by atoms with Crippen molar-refractivity contribution < 1.29 is 21.6 Å². The number of hydrogen-bond acceptors (Lipinski definition) is 6. The van der Waals surface area contributed by atoms with Crippen LogP contribution in [0.4, 0.5) is 0 Å². The van der Waals surface area contributed by atoms with Gasteiger partial charge in [-0.25, -0.2) is 26.6 Å². The van der Waals surface area contributed by atoms with Crippen LogP contribution in [0.2, 0.25) is 0 Å². The molecule has 94 valence electrons. The van der Waals surface area contributed by atoms with E-state index in [-0.39, 0.29) is 11.5 Å². The van der Waals surface area contributed by atoms with E-state index in [2.05, 4.69) is 4.99 Å². The molecule has 0 atom stereocenters. The van der Waals surface area contributed by atoms with Crippen molar-refractivity contribution in [3.8, 4) is 0 Å². The zero-order valence-corrected chi connectivity index (χ0v) is 11.1. The van der Waals surface area contributed by atoms with Gasteiger partial charge in [0.05, 0.1) is 6.54 Å². The van der Waals surface area contributed by atoms with E-state index in [9.17, 15) is 21.6 Å². The topological polar surface area (TPSA) is 97.7 Å². The molecule has 0 fully saturated rings. The number of sulfone groups is 2. The predicted molar refractivity (Wildman–Crippen MR) is 60.3 cm³/mol. The number of hydrogen-bond donors (Lipinski definition) is 0. The highest BCUT2D eigenvalue weighted by molar-refractivity contribution is 8.10. The molecule has 0 aliphatic rings. The Balaban J connectivity index is 5.84. The molecule has 8 heteroatoms. The first-order valence-electron chi connectivity index (χ1n) is 4.66. The smallest absolute Gasteiger partial charge is 0.227 e. The number of aliphatic imine (C=N–C) groups is 1. The maximum Gasteiger partial charge on any atom is 0.235 e. The molecule has 0 aliphatic carbocycles. The van der Waals surface area contributed by atoms with Crippen molar-refractivity contribution in [2.24, 2.45) is 4.99 Å². The third-order valence-corrected chi connectivity index (χ3v) is 8.44. The molecule has 0 bridgehead atoms. The van der Waals surface area contributed by atoms with Crippen LogP contribution in [0, 0.1) is 0 Å². The average Bonchev–Trinajstić information content (AvgIpc) is 2.25. The van der Waals surface area contributed by atoms with Gasteiger partial charge in [0.15, 0.2) is 23.8 Å². The lowest BCUT2D eigenvalue weighted by Gasteiger charge is -2.25. The van der Waals surface area contributed by atoms with E-state index >= 15 is 0 Å². The highest BCUT2D eigenvalue weighted by Gasteiger charge is 2.48. The van der Waals surface area contributed by atoms with Gasteiger partial charge in [0.1, 0.15) is 0 Å². The van der Waals surface area contributed by atoms with Gasteiger partial charge in [-0.2, -0.15) is 0 Å². The van der Waals surface area contributed by atoms with E-state index in [0.717, 1.165) is 13.0 Å². The number of nitrogens with zero attached hydrogens (tertiary/aromatic N) is 1. The molecule has 0 aromatic heterocycles. The fourth-order valence-electron chi connectivity index (χ4n) is 1.18. The first kappa shape index (κ1) is 15.3. The molecule has 0 N–H and O–H groups in total. The molecule has 0 amide bonds. The summed E-state index contributed by atoms with van der Waals surface area (Å²) in [5.74, 6) is -0.645. The molecule has 0 saturated heterocycles. The van der Waals surface area contributed by atoms with Crippen molar-refractivity contribution in [1.29, 1.82) is 0 Å². The standard InChI is InChI=1S/C8H15NO5S2/c1-4-15(11,12)8(3,6-9-7-10)16(13,14)5-2/h4-6H2,1-3H3. The van der Waals surface area contributed by atoms with Crippen LogP contribution in [0.1, 0.15) is 20.8 Å². The second kappa shape index (κ2) is 5.07. The molecule has 6 nitrogen and oxygen atoms in total. The molecule has 0 aromatic rings. The molecule has 0 aliphatic heterocycles. The fourth-order valence-corrected chi connectivity index (χ4v) is 5.18. The zero-order chi connectivity index (χ0) is 13.0. The van der Waals surface area contributed by atoms with Gasteiger partial charge in [0.2, 0.25) is 6.08 Å². The largest absolute Gasteiger partial charge is 0.235 e. The summed E-state index contributed by atoms with van der Waals surface area (Å²) < 4.78 is 45.0. The van der Waals surface area contributed by atoms with Crippen LogP contribution in [-0.4, -0.2) is 45.0 Å². The van der Waals surface area contributed by atoms with Crippen molar-refractivity contribution >= 4 is 25.8 Å². The van der Waals surface area contributed by atoms with E-state index in [4.69, 9.17) is 0 Å².